The van der Waals surface area contributed by atoms with Gasteiger partial charge in [0.1, 0.15) is 16.8 Å². The van der Waals surface area contributed by atoms with Crippen molar-refractivity contribution in [3.8, 4) is 16.1 Å². The molecule has 4 aromatic rings. The molecule has 2 aromatic carbocycles. The largest absolute Gasteiger partial charge is 0.391 e. The molecular weight excluding hydrogens is 425 g/mol. The maximum atomic E-state index is 14.8. The van der Waals surface area contributed by atoms with E-state index >= 15 is 0 Å². The van der Waals surface area contributed by atoms with Crippen LogP contribution in [0.1, 0.15) is 6.42 Å². The third kappa shape index (κ3) is 3.39. The number of β-amino-alcohol motifs (C(OH)–C–C–N with tert-alkyl or cyclic N) is 1. The molecule has 0 bridgehead atoms. The molecule has 5 rings (SSSR count). The fraction of sp³-hybridized carbons (Fsp3) is 0.182. The van der Waals surface area contributed by atoms with Crippen LogP contribution in [0.25, 0.3) is 26.3 Å². The first-order chi connectivity index (χ1) is 14.5. The fourth-order valence-corrected chi connectivity index (χ4v) is 4.89. The first kappa shape index (κ1) is 19.2. The topological polar surface area (TPSA) is 58.4 Å². The van der Waals surface area contributed by atoms with Crippen LogP contribution in [-0.4, -0.2) is 33.9 Å². The second-order valence-corrected chi connectivity index (χ2v) is 8.76. The highest BCUT2D eigenvalue weighted by atomic mass is 35.5. The fourth-order valence-electron chi connectivity index (χ4n) is 3.72. The lowest BCUT2D eigenvalue weighted by Crippen LogP contribution is -2.23. The Morgan fingerprint density at radius 1 is 1.17 bits per heavy atom. The minimum atomic E-state index is -0.438. The van der Waals surface area contributed by atoms with Crippen LogP contribution in [0, 0.1) is 5.82 Å². The second kappa shape index (κ2) is 7.50. The molecule has 30 heavy (non-hydrogen) atoms. The van der Waals surface area contributed by atoms with E-state index in [2.05, 4.69) is 4.98 Å². The van der Waals surface area contributed by atoms with E-state index in [1.165, 1.54) is 28.3 Å². The minimum Gasteiger partial charge on any atom is -0.391 e. The summed E-state index contributed by atoms with van der Waals surface area (Å²) < 4.78 is 16.6. The Morgan fingerprint density at radius 2 is 1.97 bits per heavy atom. The van der Waals surface area contributed by atoms with E-state index in [1.54, 1.807) is 24.3 Å². The molecule has 8 heteroatoms. The highest BCUT2D eigenvalue weighted by Gasteiger charge is 2.23. The summed E-state index contributed by atoms with van der Waals surface area (Å²) in [6.45, 7) is 1.01. The maximum Gasteiger partial charge on any atom is 0.275 e. The van der Waals surface area contributed by atoms with Crippen LogP contribution >= 0.6 is 22.9 Å². The van der Waals surface area contributed by atoms with Crippen LogP contribution in [0.5, 0.6) is 0 Å². The van der Waals surface area contributed by atoms with Gasteiger partial charge in [-0.1, -0.05) is 23.7 Å². The summed E-state index contributed by atoms with van der Waals surface area (Å²) in [6, 6.07) is 14.0. The van der Waals surface area contributed by atoms with Crippen molar-refractivity contribution in [1.82, 2.24) is 9.55 Å². The zero-order valence-electron chi connectivity index (χ0n) is 15.8. The number of hydrogen-bond donors (Lipinski definition) is 1. The van der Waals surface area contributed by atoms with E-state index in [9.17, 15) is 14.3 Å². The molecule has 152 valence electrons. The Bertz CT molecular complexity index is 1300. The maximum absolute atomic E-state index is 14.8. The van der Waals surface area contributed by atoms with E-state index in [0.717, 1.165) is 10.4 Å². The first-order valence-corrected chi connectivity index (χ1v) is 10.7. The van der Waals surface area contributed by atoms with E-state index in [-0.39, 0.29) is 5.56 Å². The van der Waals surface area contributed by atoms with Gasteiger partial charge < -0.3 is 10.0 Å². The van der Waals surface area contributed by atoms with Crippen LogP contribution in [0.3, 0.4) is 0 Å². The van der Waals surface area contributed by atoms with Crippen LogP contribution in [-0.2, 0) is 0 Å². The molecule has 1 aliphatic heterocycles. The summed E-state index contributed by atoms with van der Waals surface area (Å²) in [5.74, 6) is -0.429. The number of anilines is 1. The van der Waals surface area contributed by atoms with Gasteiger partial charge in [-0.3, -0.25) is 9.36 Å². The number of aliphatic hydroxyl groups is 1. The molecule has 0 amide bonds. The van der Waals surface area contributed by atoms with Crippen molar-refractivity contribution in [3.05, 3.63) is 76.1 Å². The molecule has 1 saturated heterocycles. The van der Waals surface area contributed by atoms with Gasteiger partial charge in [0.15, 0.2) is 0 Å². The predicted octanol–water partition coefficient (Wildman–Crippen LogP) is 4.48. The molecule has 0 saturated carbocycles. The van der Waals surface area contributed by atoms with Crippen molar-refractivity contribution < 1.29 is 9.50 Å². The van der Waals surface area contributed by atoms with Crippen LogP contribution < -0.4 is 10.5 Å². The summed E-state index contributed by atoms with van der Waals surface area (Å²) in [7, 11) is 0. The van der Waals surface area contributed by atoms with Crippen molar-refractivity contribution in [2.24, 2.45) is 0 Å². The molecule has 5 nitrogen and oxygen atoms in total. The van der Waals surface area contributed by atoms with Crippen LogP contribution in [0.15, 0.2) is 59.7 Å². The lowest BCUT2D eigenvalue weighted by atomic mass is 10.2. The molecule has 0 unspecified atom stereocenters. The highest BCUT2D eigenvalue weighted by Crippen LogP contribution is 2.32. The number of thiophene rings is 1. The average molecular weight is 442 g/mol. The molecule has 1 N–H and O–H groups in total. The zero-order chi connectivity index (χ0) is 20.8. The predicted molar refractivity (Wildman–Crippen MR) is 118 cm³/mol. The lowest BCUT2D eigenvalue weighted by Gasteiger charge is -2.19. The molecular formula is C22H17ClFN3O2S. The van der Waals surface area contributed by atoms with Crippen molar-refractivity contribution in [2.45, 2.75) is 12.5 Å². The van der Waals surface area contributed by atoms with Crippen LogP contribution in [0.2, 0.25) is 5.02 Å². The Hall–Kier alpha value is -2.74. The molecule has 2 aromatic heterocycles. The standard InChI is InChI=1S/C22H17ClFN3O2S/c23-14-3-1-13(2-4-14)20-10-18-21(30-20)22(29)27(12-25-18)15-5-6-19(17(24)9-15)26-8-7-16(28)11-26/h1-6,9-10,12,16,28H,7-8,11H2/t16-/m1/s1. The number of aliphatic hydroxyl groups excluding tert-OH is 1. The van der Waals surface area contributed by atoms with Crippen molar-refractivity contribution in [1.29, 1.82) is 0 Å². The van der Waals surface area contributed by atoms with Crippen molar-refractivity contribution in [3.63, 3.8) is 0 Å². The molecule has 1 fully saturated rings. The lowest BCUT2D eigenvalue weighted by molar-refractivity contribution is 0.198. The van der Waals surface area contributed by atoms with Crippen molar-refractivity contribution in [2.75, 3.05) is 18.0 Å². The van der Waals surface area contributed by atoms with E-state index in [1.807, 2.05) is 23.1 Å². The number of aromatic nitrogens is 2. The second-order valence-electron chi connectivity index (χ2n) is 7.28. The summed E-state index contributed by atoms with van der Waals surface area (Å²) in [5.41, 5.74) is 2.16. The number of nitrogens with zero attached hydrogens (tertiary/aromatic N) is 3. The van der Waals surface area contributed by atoms with Crippen LogP contribution in [0.4, 0.5) is 10.1 Å². The third-order valence-corrected chi connectivity index (χ3v) is 6.69. The average Bonchev–Trinajstić information content (AvgIpc) is 3.36. The summed E-state index contributed by atoms with van der Waals surface area (Å²) >= 11 is 7.31. The first-order valence-electron chi connectivity index (χ1n) is 9.50. The molecule has 3 heterocycles. The van der Waals surface area contributed by atoms with Gasteiger partial charge >= 0.3 is 0 Å². The minimum absolute atomic E-state index is 0.242. The van der Waals surface area contributed by atoms with Gasteiger partial charge in [0, 0.05) is 29.1 Å². The van der Waals surface area contributed by atoms with Gasteiger partial charge in [-0.15, -0.1) is 11.3 Å². The van der Waals surface area contributed by atoms with Gasteiger partial charge in [0.2, 0.25) is 0 Å². The molecule has 0 spiro atoms. The molecule has 0 radical (unpaired) electrons. The number of fused-ring (bicyclic) bond motifs is 1. The Labute approximate surface area is 180 Å². The number of halogens is 2. The quantitative estimate of drug-likeness (QED) is 0.509. The molecule has 0 aliphatic carbocycles. The van der Waals surface area contributed by atoms with Gasteiger partial charge in [-0.25, -0.2) is 9.37 Å². The summed E-state index contributed by atoms with van der Waals surface area (Å²) in [6.07, 6.45) is 1.61. The number of hydrogen-bond acceptors (Lipinski definition) is 5. The monoisotopic (exact) mass is 441 g/mol. The van der Waals surface area contributed by atoms with Gasteiger partial charge in [0.05, 0.1) is 23.0 Å². The van der Waals surface area contributed by atoms with E-state index in [4.69, 9.17) is 11.6 Å². The molecule has 1 aliphatic rings. The third-order valence-electron chi connectivity index (χ3n) is 5.28. The zero-order valence-corrected chi connectivity index (χ0v) is 17.3. The molecule has 1 atom stereocenters. The Balaban J connectivity index is 1.53. The SMILES string of the molecule is O=c1c2sc(-c3ccc(Cl)cc3)cc2ncn1-c1ccc(N2CC[C@@H](O)C2)c(F)c1. The number of rotatable bonds is 3. The van der Waals surface area contributed by atoms with Gasteiger partial charge in [0.25, 0.3) is 5.56 Å². The Kier molecular flexibility index (Phi) is 4.81. The number of benzene rings is 2. The normalized spacial score (nSPS) is 16.5. The Morgan fingerprint density at radius 3 is 2.67 bits per heavy atom. The smallest absolute Gasteiger partial charge is 0.275 e. The summed E-state index contributed by atoms with van der Waals surface area (Å²) in [4.78, 5) is 20.2. The van der Waals surface area contributed by atoms with Gasteiger partial charge in [-0.05, 0) is 42.3 Å². The van der Waals surface area contributed by atoms with Gasteiger partial charge in [-0.2, -0.15) is 0 Å². The van der Waals surface area contributed by atoms with E-state index < -0.39 is 11.9 Å². The van der Waals surface area contributed by atoms with Crippen molar-refractivity contribution >= 4 is 38.8 Å². The highest BCUT2D eigenvalue weighted by molar-refractivity contribution is 7.22. The summed E-state index contributed by atoms with van der Waals surface area (Å²) in [5, 5.41) is 10.3. The van der Waals surface area contributed by atoms with E-state index in [0.29, 0.717) is 46.1 Å².